The SMILES string of the molecule is CN=C1SC(CC(=O)Nc2ccc([N+](=O)[O-])cc2OC)C(=O)N1C. The third-order valence-corrected chi connectivity index (χ3v) is 4.69. The summed E-state index contributed by atoms with van der Waals surface area (Å²) in [5, 5.41) is 13.4. The second kappa shape index (κ2) is 7.30. The minimum absolute atomic E-state index is 0.0347. The first-order valence-corrected chi connectivity index (χ1v) is 7.78. The van der Waals surface area contributed by atoms with E-state index in [1.165, 1.54) is 42.0 Å². The molecule has 2 rings (SSSR count). The molecule has 0 spiro atoms. The van der Waals surface area contributed by atoms with Crippen LogP contribution in [0.1, 0.15) is 6.42 Å². The lowest BCUT2D eigenvalue weighted by atomic mass is 10.2. The van der Waals surface area contributed by atoms with Gasteiger partial charge in [-0.3, -0.25) is 29.6 Å². The molecule has 1 heterocycles. The van der Waals surface area contributed by atoms with Gasteiger partial charge in [-0.1, -0.05) is 11.8 Å². The third kappa shape index (κ3) is 3.65. The summed E-state index contributed by atoms with van der Waals surface area (Å²) in [6.07, 6.45) is -0.0347. The highest BCUT2D eigenvalue weighted by Gasteiger charge is 2.36. The van der Waals surface area contributed by atoms with E-state index in [9.17, 15) is 19.7 Å². The van der Waals surface area contributed by atoms with Crippen LogP contribution in [0.5, 0.6) is 5.75 Å². The number of aliphatic imine (C=N–C) groups is 1. The van der Waals surface area contributed by atoms with Crippen molar-refractivity contribution in [1.29, 1.82) is 0 Å². The number of rotatable bonds is 5. The Kier molecular flexibility index (Phi) is 5.39. The molecule has 1 atom stereocenters. The van der Waals surface area contributed by atoms with Gasteiger partial charge in [0.15, 0.2) is 5.17 Å². The van der Waals surface area contributed by atoms with E-state index in [0.717, 1.165) is 0 Å². The first-order valence-electron chi connectivity index (χ1n) is 6.90. The van der Waals surface area contributed by atoms with Crippen molar-refractivity contribution in [1.82, 2.24) is 4.90 Å². The molecule has 1 aliphatic heterocycles. The van der Waals surface area contributed by atoms with Crippen molar-refractivity contribution >= 4 is 40.1 Å². The van der Waals surface area contributed by atoms with E-state index in [1.807, 2.05) is 0 Å². The number of ether oxygens (including phenoxy) is 1. The third-order valence-electron chi connectivity index (χ3n) is 3.37. The Morgan fingerprint density at radius 2 is 2.25 bits per heavy atom. The number of amidine groups is 1. The summed E-state index contributed by atoms with van der Waals surface area (Å²) in [5.74, 6) is -0.402. The second-order valence-corrected chi connectivity index (χ2v) is 6.07. The van der Waals surface area contributed by atoms with Crippen molar-refractivity contribution in [3.8, 4) is 5.75 Å². The summed E-state index contributed by atoms with van der Waals surface area (Å²) >= 11 is 1.23. The Labute approximate surface area is 142 Å². The number of anilines is 1. The molecule has 24 heavy (non-hydrogen) atoms. The monoisotopic (exact) mass is 352 g/mol. The van der Waals surface area contributed by atoms with Crippen LogP contribution in [0.25, 0.3) is 0 Å². The highest BCUT2D eigenvalue weighted by Crippen LogP contribution is 2.31. The smallest absolute Gasteiger partial charge is 0.273 e. The maximum atomic E-state index is 12.2. The van der Waals surface area contributed by atoms with Gasteiger partial charge < -0.3 is 10.1 Å². The number of nitro benzene ring substituents is 1. The number of nitrogens with one attached hydrogen (secondary N) is 1. The number of nitrogens with zero attached hydrogens (tertiary/aromatic N) is 3. The maximum Gasteiger partial charge on any atom is 0.273 e. The summed E-state index contributed by atoms with van der Waals surface area (Å²) in [6, 6.07) is 3.88. The van der Waals surface area contributed by atoms with Crippen molar-refractivity contribution in [2.45, 2.75) is 11.7 Å². The first-order chi connectivity index (χ1) is 11.4. The van der Waals surface area contributed by atoms with Gasteiger partial charge in [0.05, 0.1) is 23.8 Å². The summed E-state index contributed by atoms with van der Waals surface area (Å²) < 4.78 is 5.06. The maximum absolute atomic E-state index is 12.2. The Balaban J connectivity index is 2.08. The van der Waals surface area contributed by atoms with Crippen LogP contribution in [-0.4, -0.2) is 53.3 Å². The van der Waals surface area contributed by atoms with E-state index in [1.54, 1.807) is 14.1 Å². The molecule has 1 aromatic carbocycles. The van der Waals surface area contributed by atoms with Crippen molar-refractivity contribution in [2.24, 2.45) is 4.99 Å². The number of nitro groups is 1. The van der Waals surface area contributed by atoms with Crippen molar-refractivity contribution in [3.63, 3.8) is 0 Å². The van der Waals surface area contributed by atoms with Crippen LogP contribution in [0.4, 0.5) is 11.4 Å². The number of thioether (sulfide) groups is 1. The van der Waals surface area contributed by atoms with Gasteiger partial charge in [-0.2, -0.15) is 0 Å². The molecule has 1 N–H and O–H groups in total. The number of carbonyl (C=O) groups excluding carboxylic acids is 2. The number of hydrogen-bond acceptors (Lipinski definition) is 7. The minimum Gasteiger partial charge on any atom is -0.494 e. The highest BCUT2D eigenvalue weighted by atomic mass is 32.2. The van der Waals surface area contributed by atoms with E-state index in [4.69, 9.17) is 4.74 Å². The molecular weight excluding hydrogens is 336 g/mol. The molecule has 128 valence electrons. The van der Waals surface area contributed by atoms with Gasteiger partial charge in [0.2, 0.25) is 11.8 Å². The van der Waals surface area contributed by atoms with Gasteiger partial charge in [-0.25, -0.2) is 0 Å². The largest absolute Gasteiger partial charge is 0.494 e. The normalized spacial score (nSPS) is 18.8. The van der Waals surface area contributed by atoms with Crippen molar-refractivity contribution in [2.75, 3.05) is 26.5 Å². The molecule has 1 aliphatic rings. The molecule has 1 unspecified atom stereocenters. The van der Waals surface area contributed by atoms with Crippen molar-refractivity contribution < 1.29 is 19.2 Å². The van der Waals surface area contributed by atoms with Crippen LogP contribution in [0.3, 0.4) is 0 Å². The molecule has 1 aromatic rings. The van der Waals surface area contributed by atoms with E-state index in [0.29, 0.717) is 10.9 Å². The topological polar surface area (TPSA) is 114 Å². The molecule has 0 bridgehead atoms. The number of hydrogen-bond donors (Lipinski definition) is 1. The summed E-state index contributed by atoms with van der Waals surface area (Å²) in [7, 11) is 4.54. The van der Waals surface area contributed by atoms with E-state index >= 15 is 0 Å². The molecule has 0 saturated carbocycles. The molecule has 2 amide bonds. The van der Waals surface area contributed by atoms with Gasteiger partial charge in [-0.15, -0.1) is 0 Å². The van der Waals surface area contributed by atoms with E-state index < -0.39 is 16.1 Å². The molecule has 1 saturated heterocycles. The lowest BCUT2D eigenvalue weighted by Crippen LogP contribution is -2.30. The standard InChI is InChI=1S/C14H16N4O5S/c1-15-14-17(2)13(20)11(24-14)7-12(19)16-9-5-4-8(18(21)22)6-10(9)23-3/h4-6,11H,7H2,1-3H3,(H,16,19). The molecule has 1 fully saturated rings. The summed E-state index contributed by atoms with van der Waals surface area (Å²) in [6.45, 7) is 0. The van der Waals surface area contributed by atoms with E-state index in [2.05, 4.69) is 10.3 Å². The predicted octanol–water partition coefficient (Wildman–Crippen LogP) is 1.49. The van der Waals surface area contributed by atoms with Crippen LogP contribution >= 0.6 is 11.8 Å². The first kappa shape index (κ1) is 17.7. The molecule has 0 aromatic heterocycles. The second-order valence-electron chi connectivity index (χ2n) is 4.90. The zero-order chi connectivity index (χ0) is 17.9. The summed E-state index contributed by atoms with van der Waals surface area (Å²) in [5.41, 5.74) is 0.165. The van der Waals surface area contributed by atoms with Crippen LogP contribution in [-0.2, 0) is 9.59 Å². The number of carbonyl (C=O) groups is 2. The lowest BCUT2D eigenvalue weighted by Gasteiger charge is -2.11. The summed E-state index contributed by atoms with van der Waals surface area (Å²) in [4.78, 5) is 39.8. The van der Waals surface area contributed by atoms with Crippen LogP contribution in [0.2, 0.25) is 0 Å². The van der Waals surface area contributed by atoms with Gasteiger partial charge in [0.1, 0.15) is 11.0 Å². The van der Waals surface area contributed by atoms with Gasteiger partial charge in [0, 0.05) is 26.6 Å². The van der Waals surface area contributed by atoms with Gasteiger partial charge in [-0.05, 0) is 6.07 Å². The highest BCUT2D eigenvalue weighted by molar-refractivity contribution is 8.15. The Morgan fingerprint density at radius 1 is 1.54 bits per heavy atom. The Bertz CT molecular complexity index is 721. The molecule has 0 radical (unpaired) electrons. The number of benzene rings is 1. The van der Waals surface area contributed by atoms with Gasteiger partial charge in [0.25, 0.3) is 5.69 Å². The Morgan fingerprint density at radius 3 is 2.79 bits per heavy atom. The molecule has 10 heteroatoms. The number of amides is 2. The van der Waals surface area contributed by atoms with E-state index in [-0.39, 0.29) is 23.8 Å². The zero-order valence-corrected chi connectivity index (χ0v) is 14.1. The average molecular weight is 352 g/mol. The number of non-ortho nitro benzene ring substituents is 1. The fraction of sp³-hybridized carbons (Fsp3) is 0.357. The minimum atomic E-state index is -0.552. The molecular formula is C14H16N4O5S. The lowest BCUT2D eigenvalue weighted by molar-refractivity contribution is -0.384. The van der Waals surface area contributed by atoms with Crippen LogP contribution < -0.4 is 10.1 Å². The Hall–Kier alpha value is -2.62. The quantitative estimate of drug-likeness (QED) is 0.634. The van der Waals surface area contributed by atoms with Crippen molar-refractivity contribution in [3.05, 3.63) is 28.3 Å². The van der Waals surface area contributed by atoms with Crippen LogP contribution in [0.15, 0.2) is 23.2 Å². The molecule has 0 aliphatic carbocycles. The van der Waals surface area contributed by atoms with Gasteiger partial charge >= 0.3 is 0 Å². The van der Waals surface area contributed by atoms with Crippen LogP contribution in [0, 0.1) is 10.1 Å². The zero-order valence-electron chi connectivity index (χ0n) is 13.3. The fourth-order valence-electron chi connectivity index (χ4n) is 2.16. The molecule has 9 nitrogen and oxygen atoms in total. The average Bonchev–Trinajstić information content (AvgIpc) is 2.82. The predicted molar refractivity (Wildman–Crippen MR) is 90.4 cm³/mol. The number of methoxy groups -OCH3 is 1. The fourth-order valence-corrected chi connectivity index (χ4v) is 3.27.